The standard InChI is InChI=1S/C22H23F2N3O5/c1-11(2)16-5-6-27-17(32-16)10-26-9-14(19(28)20(29)18(26)22(27)31)21(30)25-8-12-3-4-13(23)7-15(12)24/h3-4,7,9,11,16-17,29H,5-6,8,10H2,1-2H3,(H,25,30)/t16-,17-/m0/s1. The zero-order chi connectivity index (χ0) is 23.2. The van der Waals surface area contributed by atoms with Crippen molar-refractivity contribution in [1.29, 1.82) is 0 Å². The third-order valence-electron chi connectivity index (χ3n) is 5.85. The molecule has 32 heavy (non-hydrogen) atoms. The number of rotatable bonds is 4. The van der Waals surface area contributed by atoms with Gasteiger partial charge in [0.15, 0.2) is 17.7 Å². The largest absolute Gasteiger partial charge is 0.503 e. The van der Waals surface area contributed by atoms with E-state index in [1.165, 1.54) is 21.7 Å². The minimum absolute atomic E-state index is 0.0307. The van der Waals surface area contributed by atoms with Gasteiger partial charge in [-0.2, -0.15) is 0 Å². The van der Waals surface area contributed by atoms with Crippen molar-refractivity contribution >= 4 is 11.8 Å². The molecule has 0 spiro atoms. The number of carbonyl (C=O) groups excluding carboxylic acids is 2. The fraction of sp³-hybridized carbons (Fsp3) is 0.409. The van der Waals surface area contributed by atoms with Crippen molar-refractivity contribution in [2.45, 2.75) is 45.7 Å². The second kappa shape index (κ2) is 8.34. The summed E-state index contributed by atoms with van der Waals surface area (Å²) in [5, 5.41) is 12.8. The van der Waals surface area contributed by atoms with Crippen LogP contribution in [0, 0.1) is 17.6 Å². The summed E-state index contributed by atoms with van der Waals surface area (Å²) in [5.74, 6) is -3.56. The number of amides is 2. The molecule has 170 valence electrons. The molecule has 0 bridgehead atoms. The molecule has 1 aromatic heterocycles. The second-order valence-corrected chi connectivity index (χ2v) is 8.30. The van der Waals surface area contributed by atoms with E-state index >= 15 is 0 Å². The smallest absolute Gasteiger partial charge is 0.276 e. The van der Waals surface area contributed by atoms with E-state index in [4.69, 9.17) is 4.74 Å². The van der Waals surface area contributed by atoms with Gasteiger partial charge >= 0.3 is 0 Å². The number of hydrogen-bond acceptors (Lipinski definition) is 5. The summed E-state index contributed by atoms with van der Waals surface area (Å²) in [6, 6.07) is 2.92. The lowest BCUT2D eigenvalue weighted by Gasteiger charge is -2.44. The molecular formula is C22H23F2N3O5. The minimum atomic E-state index is -1.00. The molecular weight excluding hydrogens is 424 g/mol. The van der Waals surface area contributed by atoms with Crippen LogP contribution in [0.25, 0.3) is 0 Å². The summed E-state index contributed by atoms with van der Waals surface area (Å²) in [6.45, 7) is 4.33. The van der Waals surface area contributed by atoms with Gasteiger partial charge in [0.05, 0.1) is 12.6 Å². The molecule has 0 unspecified atom stereocenters. The molecule has 3 heterocycles. The summed E-state index contributed by atoms with van der Waals surface area (Å²) >= 11 is 0. The Morgan fingerprint density at radius 3 is 2.75 bits per heavy atom. The normalized spacial score (nSPS) is 20.2. The fourth-order valence-electron chi connectivity index (χ4n) is 4.04. The summed E-state index contributed by atoms with van der Waals surface area (Å²) < 4.78 is 34.2. The van der Waals surface area contributed by atoms with E-state index in [1.54, 1.807) is 0 Å². The van der Waals surface area contributed by atoms with Crippen LogP contribution in [0.2, 0.25) is 0 Å². The van der Waals surface area contributed by atoms with Crippen molar-refractivity contribution < 1.29 is 28.2 Å². The van der Waals surface area contributed by atoms with Crippen LogP contribution in [0.15, 0.2) is 29.2 Å². The van der Waals surface area contributed by atoms with Crippen molar-refractivity contribution in [3.63, 3.8) is 0 Å². The Morgan fingerprint density at radius 1 is 1.31 bits per heavy atom. The third kappa shape index (κ3) is 3.86. The molecule has 0 saturated carbocycles. The number of aromatic nitrogens is 1. The Kier molecular flexibility index (Phi) is 5.72. The topological polar surface area (TPSA) is 101 Å². The van der Waals surface area contributed by atoms with Crippen LogP contribution in [-0.4, -0.2) is 45.3 Å². The molecule has 2 amide bonds. The Bertz CT molecular complexity index is 1150. The van der Waals surface area contributed by atoms with Gasteiger partial charge in [-0.15, -0.1) is 0 Å². The number of nitrogens with zero attached hydrogens (tertiary/aromatic N) is 2. The molecule has 8 nitrogen and oxygen atoms in total. The molecule has 2 atom stereocenters. The number of benzene rings is 1. The average Bonchev–Trinajstić information content (AvgIpc) is 2.75. The third-order valence-corrected chi connectivity index (χ3v) is 5.85. The lowest BCUT2D eigenvalue weighted by molar-refractivity contribution is -0.147. The van der Waals surface area contributed by atoms with E-state index in [0.29, 0.717) is 19.0 Å². The molecule has 1 saturated heterocycles. The summed E-state index contributed by atoms with van der Waals surface area (Å²) in [7, 11) is 0. The first-order valence-corrected chi connectivity index (χ1v) is 10.3. The van der Waals surface area contributed by atoms with E-state index < -0.39 is 46.4 Å². The van der Waals surface area contributed by atoms with Gasteiger partial charge in [0.1, 0.15) is 17.2 Å². The zero-order valence-electron chi connectivity index (χ0n) is 17.6. The quantitative estimate of drug-likeness (QED) is 0.747. The van der Waals surface area contributed by atoms with E-state index in [-0.39, 0.29) is 36.4 Å². The number of fused-ring (bicyclic) bond motifs is 2. The molecule has 10 heteroatoms. The molecule has 1 fully saturated rings. The lowest BCUT2D eigenvalue weighted by Crippen LogP contribution is -2.56. The maximum absolute atomic E-state index is 13.8. The molecule has 2 aromatic rings. The predicted molar refractivity (Wildman–Crippen MR) is 109 cm³/mol. The average molecular weight is 447 g/mol. The summed E-state index contributed by atoms with van der Waals surface area (Å²) in [5.41, 5.74) is -1.56. The monoisotopic (exact) mass is 447 g/mol. The van der Waals surface area contributed by atoms with Crippen molar-refractivity contribution in [2.75, 3.05) is 6.54 Å². The van der Waals surface area contributed by atoms with Gasteiger partial charge in [0, 0.05) is 30.9 Å². The Labute approximate surface area is 182 Å². The molecule has 0 radical (unpaired) electrons. The van der Waals surface area contributed by atoms with Gasteiger partial charge in [-0.1, -0.05) is 19.9 Å². The van der Waals surface area contributed by atoms with E-state index in [1.807, 2.05) is 13.8 Å². The van der Waals surface area contributed by atoms with E-state index in [0.717, 1.165) is 6.07 Å². The first-order chi connectivity index (χ1) is 15.2. The van der Waals surface area contributed by atoms with Gasteiger partial charge in [0.25, 0.3) is 11.8 Å². The highest BCUT2D eigenvalue weighted by Gasteiger charge is 2.40. The van der Waals surface area contributed by atoms with Crippen LogP contribution in [0.1, 0.15) is 46.7 Å². The number of ether oxygens (including phenoxy) is 1. The minimum Gasteiger partial charge on any atom is -0.503 e. The second-order valence-electron chi connectivity index (χ2n) is 8.30. The number of hydrogen-bond donors (Lipinski definition) is 2. The van der Waals surface area contributed by atoms with Crippen LogP contribution >= 0.6 is 0 Å². The van der Waals surface area contributed by atoms with Crippen LogP contribution in [-0.2, 0) is 17.8 Å². The zero-order valence-corrected chi connectivity index (χ0v) is 17.6. The van der Waals surface area contributed by atoms with E-state index in [2.05, 4.69) is 5.32 Å². The van der Waals surface area contributed by atoms with Crippen LogP contribution in [0.5, 0.6) is 5.75 Å². The van der Waals surface area contributed by atoms with Crippen molar-refractivity contribution in [3.05, 3.63) is 63.1 Å². The van der Waals surface area contributed by atoms with Gasteiger partial charge in [-0.05, 0) is 18.4 Å². The Hall–Kier alpha value is -3.27. The van der Waals surface area contributed by atoms with Gasteiger partial charge < -0.3 is 24.6 Å². The number of nitrogens with one attached hydrogen (secondary N) is 1. The van der Waals surface area contributed by atoms with Crippen LogP contribution in [0.4, 0.5) is 8.78 Å². The molecule has 0 aliphatic carbocycles. The number of carbonyl (C=O) groups is 2. The van der Waals surface area contributed by atoms with Gasteiger partial charge in [-0.25, -0.2) is 8.78 Å². The fourth-order valence-corrected chi connectivity index (χ4v) is 4.04. The van der Waals surface area contributed by atoms with Crippen LogP contribution in [0.3, 0.4) is 0 Å². The number of aromatic hydroxyl groups is 1. The first-order valence-electron chi connectivity index (χ1n) is 10.3. The van der Waals surface area contributed by atoms with Gasteiger partial charge in [-0.3, -0.25) is 14.4 Å². The van der Waals surface area contributed by atoms with Crippen LogP contribution < -0.4 is 10.7 Å². The van der Waals surface area contributed by atoms with Crippen molar-refractivity contribution in [3.8, 4) is 5.75 Å². The number of halogens is 2. The molecule has 2 aliphatic rings. The highest BCUT2D eigenvalue weighted by atomic mass is 19.1. The Morgan fingerprint density at radius 2 is 2.06 bits per heavy atom. The highest BCUT2D eigenvalue weighted by molar-refractivity contribution is 5.99. The lowest BCUT2D eigenvalue weighted by atomic mass is 10.0. The SMILES string of the molecule is CC(C)[C@@H]1CCN2C(=O)c3c(O)c(=O)c(C(=O)NCc4ccc(F)cc4F)cn3C[C@@H]2O1. The van der Waals surface area contributed by atoms with Gasteiger partial charge in [0.2, 0.25) is 5.43 Å². The molecule has 4 rings (SSSR count). The maximum Gasteiger partial charge on any atom is 0.276 e. The summed E-state index contributed by atoms with van der Waals surface area (Å²) in [6.07, 6.45) is 1.23. The Balaban J connectivity index is 1.60. The number of pyridine rings is 1. The molecule has 2 aliphatic heterocycles. The van der Waals surface area contributed by atoms with Crippen molar-refractivity contribution in [1.82, 2.24) is 14.8 Å². The highest BCUT2D eigenvalue weighted by Crippen LogP contribution is 2.30. The van der Waals surface area contributed by atoms with E-state index in [9.17, 15) is 28.3 Å². The van der Waals surface area contributed by atoms with Crippen molar-refractivity contribution in [2.24, 2.45) is 5.92 Å². The maximum atomic E-state index is 13.8. The molecule has 2 N–H and O–H groups in total. The summed E-state index contributed by atoms with van der Waals surface area (Å²) in [4.78, 5) is 39.6. The molecule has 1 aromatic carbocycles. The first kappa shape index (κ1) is 21.9. The predicted octanol–water partition coefficient (Wildman–Crippen LogP) is 1.99.